The molecule has 0 saturated carbocycles. The van der Waals surface area contributed by atoms with Gasteiger partial charge < -0.3 is 25.2 Å². The number of hydrogen-bond donors (Lipinski definition) is 5. The molecular formula is C18H22N2O8. The van der Waals surface area contributed by atoms with Crippen molar-refractivity contribution >= 4 is 17.8 Å². The zero-order chi connectivity index (χ0) is 20.6. The number of aliphatic hydroxyl groups excluding tert-OH is 4. The van der Waals surface area contributed by atoms with E-state index in [1.807, 2.05) is 0 Å². The third-order valence-electron chi connectivity index (χ3n) is 5.33. The van der Waals surface area contributed by atoms with Gasteiger partial charge in [0.1, 0.15) is 24.4 Å². The van der Waals surface area contributed by atoms with E-state index in [-0.39, 0.29) is 6.42 Å². The fourth-order valence-electron chi connectivity index (χ4n) is 3.68. The third-order valence-corrected chi connectivity index (χ3v) is 5.33. The number of hydrogen-bond acceptors (Lipinski definition) is 8. The highest BCUT2D eigenvalue weighted by Crippen LogP contribution is 2.36. The van der Waals surface area contributed by atoms with E-state index in [9.17, 15) is 34.8 Å². The maximum atomic E-state index is 13.4. The minimum Gasteiger partial charge on any atom is -0.394 e. The number of nitrogens with zero attached hydrogens (tertiary/aromatic N) is 1. The van der Waals surface area contributed by atoms with Crippen LogP contribution in [0.25, 0.3) is 0 Å². The Kier molecular flexibility index (Phi) is 5.50. The summed E-state index contributed by atoms with van der Waals surface area (Å²) in [6, 6.07) is 7.01. The summed E-state index contributed by atoms with van der Waals surface area (Å²) < 4.78 is 5.34. The Morgan fingerprint density at radius 2 is 1.71 bits per heavy atom. The zero-order valence-electron chi connectivity index (χ0n) is 15.1. The molecule has 0 aromatic heterocycles. The van der Waals surface area contributed by atoms with Crippen LogP contribution in [0.3, 0.4) is 0 Å². The van der Waals surface area contributed by atoms with Crippen molar-refractivity contribution < 1.29 is 39.5 Å². The van der Waals surface area contributed by atoms with Crippen molar-refractivity contribution in [2.75, 3.05) is 6.61 Å². The summed E-state index contributed by atoms with van der Waals surface area (Å²) in [5.74, 6) is -1.74. The lowest BCUT2D eigenvalue weighted by molar-refractivity contribution is -0.256. The van der Waals surface area contributed by atoms with Gasteiger partial charge in [-0.25, -0.2) is 9.69 Å². The second-order valence-electron chi connectivity index (χ2n) is 6.78. The molecule has 28 heavy (non-hydrogen) atoms. The first kappa shape index (κ1) is 20.4. The summed E-state index contributed by atoms with van der Waals surface area (Å²) in [5.41, 5.74) is -1.39. The van der Waals surface area contributed by atoms with E-state index in [1.165, 1.54) is 0 Å². The van der Waals surface area contributed by atoms with Crippen LogP contribution in [0, 0.1) is 0 Å². The second-order valence-corrected chi connectivity index (χ2v) is 6.78. The summed E-state index contributed by atoms with van der Waals surface area (Å²) in [7, 11) is 0. The van der Waals surface area contributed by atoms with E-state index >= 15 is 0 Å². The minimum atomic E-state index is -1.84. The molecule has 6 atom stereocenters. The number of aliphatic hydroxyl groups is 4. The van der Waals surface area contributed by atoms with E-state index in [4.69, 9.17) is 4.74 Å². The highest BCUT2D eigenvalue weighted by molar-refractivity contribution is 6.23. The minimum absolute atomic E-state index is 0.0167. The molecule has 2 fully saturated rings. The molecular weight excluding hydrogens is 372 g/mol. The van der Waals surface area contributed by atoms with Crippen LogP contribution in [-0.4, -0.2) is 80.4 Å². The largest absolute Gasteiger partial charge is 0.394 e. The van der Waals surface area contributed by atoms with Gasteiger partial charge in [-0.05, 0) is 12.0 Å². The monoisotopic (exact) mass is 394 g/mol. The van der Waals surface area contributed by atoms with Gasteiger partial charge in [-0.15, -0.1) is 0 Å². The van der Waals surface area contributed by atoms with Gasteiger partial charge in [-0.3, -0.25) is 14.9 Å². The first-order valence-corrected chi connectivity index (χ1v) is 8.84. The SMILES string of the molecule is CC[C@@]1(c2ccccc2)C(=O)NC(=O)N([C@H]2O[C@H](CO)[C@@H](O)[C@H](O)[C@H]2O)C1=O. The maximum absolute atomic E-state index is 13.4. The molecule has 10 heteroatoms. The average molecular weight is 394 g/mol. The molecule has 3 rings (SSSR count). The van der Waals surface area contributed by atoms with Gasteiger partial charge in [0, 0.05) is 0 Å². The molecule has 0 unspecified atom stereocenters. The number of rotatable bonds is 4. The van der Waals surface area contributed by atoms with Crippen molar-refractivity contribution in [1.29, 1.82) is 0 Å². The van der Waals surface area contributed by atoms with Crippen molar-refractivity contribution in [2.45, 2.75) is 49.4 Å². The van der Waals surface area contributed by atoms with Crippen LogP contribution in [0.2, 0.25) is 0 Å². The summed E-state index contributed by atoms with van der Waals surface area (Å²) in [5, 5.41) is 41.7. The standard InChI is InChI=1S/C18H22N2O8/c1-2-18(9-6-4-3-5-7-9)15(25)19-17(27)20(16(18)26)14-13(24)12(23)11(22)10(8-21)28-14/h3-7,10-14,21-24H,2,8H2,1H3,(H,19,25,27)/t10-,11-,12+,13-,14+,18-/m1/s1. The van der Waals surface area contributed by atoms with Crippen LogP contribution in [-0.2, 0) is 19.7 Å². The molecule has 5 N–H and O–H groups in total. The summed E-state index contributed by atoms with van der Waals surface area (Å²) in [4.78, 5) is 39.1. The number of imide groups is 2. The first-order chi connectivity index (χ1) is 13.3. The molecule has 0 bridgehead atoms. The number of amides is 4. The van der Waals surface area contributed by atoms with Gasteiger partial charge in [0.25, 0.3) is 5.91 Å². The highest BCUT2D eigenvalue weighted by Gasteiger charge is 2.58. The molecule has 10 nitrogen and oxygen atoms in total. The van der Waals surface area contributed by atoms with Gasteiger partial charge in [0.15, 0.2) is 11.6 Å². The predicted molar refractivity (Wildman–Crippen MR) is 92.6 cm³/mol. The Balaban J connectivity index is 2.05. The van der Waals surface area contributed by atoms with Gasteiger partial charge in [0.05, 0.1) is 6.61 Å². The third kappa shape index (κ3) is 2.90. The smallest absolute Gasteiger partial charge is 0.333 e. The lowest BCUT2D eigenvalue weighted by Crippen LogP contribution is -2.73. The van der Waals surface area contributed by atoms with E-state index in [1.54, 1.807) is 37.3 Å². The molecule has 2 heterocycles. The Labute approximate surface area is 160 Å². The summed E-state index contributed by atoms with van der Waals surface area (Å²) in [6.45, 7) is 0.882. The van der Waals surface area contributed by atoms with E-state index < -0.39 is 60.5 Å². The van der Waals surface area contributed by atoms with Crippen molar-refractivity contribution in [3.05, 3.63) is 35.9 Å². The van der Waals surface area contributed by atoms with Gasteiger partial charge in [0.2, 0.25) is 5.91 Å². The van der Waals surface area contributed by atoms with E-state index in [0.29, 0.717) is 10.5 Å². The number of benzene rings is 1. The Morgan fingerprint density at radius 1 is 1.07 bits per heavy atom. The quantitative estimate of drug-likeness (QED) is 0.375. The van der Waals surface area contributed by atoms with Crippen molar-refractivity contribution in [1.82, 2.24) is 10.2 Å². The van der Waals surface area contributed by atoms with Gasteiger partial charge in [-0.1, -0.05) is 37.3 Å². The Morgan fingerprint density at radius 3 is 2.29 bits per heavy atom. The number of ether oxygens (including phenoxy) is 1. The topological polar surface area (TPSA) is 157 Å². The van der Waals surface area contributed by atoms with Crippen molar-refractivity contribution in [2.24, 2.45) is 0 Å². The Hall–Kier alpha value is -2.37. The number of carbonyl (C=O) groups is 3. The lowest BCUT2D eigenvalue weighted by atomic mass is 9.74. The molecule has 2 aliphatic rings. The van der Waals surface area contributed by atoms with E-state index in [0.717, 1.165) is 0 Å². The lowest BCUT2D eigenvalue weighted by Gasteiger charge is -2.47. The molecule has 1 aromatic carbocycles. The molecule has 2 saturated heterocycles. The maximum Gasteiger partial charge on any atom is 0.333 e. The molecule has 1 aromatic rings. The van der Waals surface area contributed by atoms with E-state index in [2.05, 4.69) is 5.32 Å². The molecule has 0 radical (unpaired) electrons. The van der Waals surface area contributed by atoms with Crippen LogP contribution in [0.15, 0.2) is 30.3 Å². The van der Waals surface area contributed by atoms with Gasteiger partial charge in [-0.2, -0.15) is 0 Å². The first-order valence-electron chi connectivity index (χ1n) is 8.84. The molecule has 0 aliphatic carbocycles. The van der Waals surface area contributed by atoms with Crippen LogP contribution in [0.5, 0.6) is 0 Å². The molecule has 152 valence electrons. The van der Waals surface area contributed by atoms with Crippen molar-refractivity contribution in [3.8, 4) is 0 Å². The van der Waals surface area contributed by atoms with Crippen molar-refractivity contribution in [3.63, 3.8) is 0 Å². The zero-order valence-corrected chi connectivity index (χ0v) is 15.1. The van der Waals surface area contributed by atoms with Crippen LogP contribution >= 0.6 is 0 Å². The fraction of sp³-hybridized carbons (Fsp3) is 0.500. The number of nitrogens with one attached hydrogen (secondary N) is 1. The summed E-state index contributed by atoms with van der Waals surface area (Å²) in [6.07, 6.45) is -8.26. The normalized spacial score (nSPS) is 36.4. The number of urea groups is 1. The fourth-order valence-corrected chi connectivity index (χ4v) is 3.68. The van der Waals surface area contributed by atoms with Crippen LogP contribution in [0.4, 0.5) is 4.79 Å². The number of barbiturate groups is 1. The second kappa shape index (κ2) is 7.57. The highest BCUT2D eigenvalue weighted by atomic mass is 16.6. The van der Waals surface area contributed by atoms with Crippen LogP contribution in [0.1, 0.15) is 18.9 Å². The molecule has 2 aliphatic heterocycles. The Bertz CT molecular complexity index is 770. The predicted octanol–water partition coefficient (Wildman–Crippen LogP) is -1.79. The van der Waals surface area contributed by atoms with Gasteiger partial charge >= 0.3 is 6.03 Å². The average Bonchev–Trinajstić information content (AvgIpc) is 2.69. The number of carbonyl (C=O) groups excluding carboxylic acids is 3. The van der Waals surface area contributed by atoms with Crippen LogP contribution < -0.4 is 5.32 Å². The molecule has 4 amide bonds. The summed E-state index contributed by atoms with van der Waals surface area (Å²) >= 11 is 0. The molecule has 0 spiro atoms.